The van der Waals surface area contributed by atoms with Crippen molar-refractivity contribution in [3.05, 3.63) is 35.6 Å². The Bertz CT molecular complexity index is 662. The predicted molar refractivity (Wildman–Crippen MR) is 87.9 cm³/mol. The molecule has 0 unspecified atom stereocenters. The van der Waals surface area contributed by atoms with Crippen molar-refractivity contribution in [2.45, 2.75) is 26.2 Å². The van der Waals surface area contributed by atoms with Gasteiger partial charge in [0, 0.05) is 24.0 Å². The molecule has 0 aliphatic carbocycles. The number of carbonyl (C=O) groups excluding carboxylic acids is 1. The molecule has 1 N–H and O–H groups in total. The molecule has 4 nitrogen and oxygen atoms in total. The highest BCUT2D eigenvalue weighted by Crippen LogP contribution is 2.23. The lowest BCUT2D eigenvalue weighted by molar-refractivity contribution is -0.120. The average molecular weight is 300 g/mol. The number of likely N-dealkylation sites (tertiary alicyclic amines) is 1. The van der Waals surface area contributed by atoms with E-state index in [4.69, 9.17) is 4.42 Å². The van der Waals surface area contributed by atoms with E-state index in [0.29, 0.717) is 12.3 Å². The van der Waals surface area contributed by atoms with Gasteiger partial charge in [0.25, 0.3) is 0 Å². The quantitative estimate of drug-likeness (QED) is 0.923. The maximum absolute atomic E-state index is 12.2. The molecule has 1 aliphatic rings. The molecule has 1 amide bonds. The van der Waals surface area contributed by atoms with E-state index in [1.165, 1.54) is 12.0 Å². The van der Waals surface area contributed by atoms with Gasteiger partial charge in [-0.3, -0.25) is 4.79 Å². The van der Waals surface area contributed by atoms with Gasteiger partial charge in [0.15, 0.2) is 0 Å². The SMILES string of the molecule is CCc1ccc2occ(CC(=O)NC[C@@H]3CCN(C)C3)c2c1. The molecule has 1 saturated heterocycles. The highest BCUT2D eigenvalue weighted by atomic mass is 16.3. The molecule has 4 heteroatoms. The van der Waals surface area contributed by atoms with Crippen molar-refractivity contribution in [1.29, 1.82) is 0 Å². The highest BCUT2D eigenvalue weighted by Gasteiger charge is 2.20. The molecule has 2 aromatic rings. The summed E-state index contributed by atoms with van der Waals surface area (Å²) >= 11 is 0. The topological polar surface area (TPSA) is 45.5 Å². The van der Waals surface area contributed by atoms with Gasteiger partial charge in [-0.25, -0.2) is 0 Å². The van der Waals surface area contributed by atoms with Crippen molar-refractivity contribution < 1.29 is 9.21 Å². The number of carbonyl (C=O) groups is 1. The zero-order valence-electron chi connectivity index (χ0n) is 13.4. The van der Waals surface area contributed by atoms with E-state index in [9.17, 15) is 4.79 Å². The van der Waals surface area contributed by atoms with Crippen molar-refractivity contribution in [1.82, 2.24) is 10.2 Å². The maximum atomic E-state index is 12.2. The Labute approximate surface area is 131 Å². The monoisotopic (exact) mass is 300 g/mol. The standard InChI is InChI=1S/C18H24N2O2/c1-3-13-4-5-17-16(8-13)15(12-22-17)9-18(21)19-10-14-6-7-20(2)11-14/h4-5,8,12,14H,3,6-7,9-11H2,1-2H3,(H,19,21)/t14-/m0/s1. The van der Waals surface area contributed by atoms with Crippen LogP contribution in [0.1, 0.15) is 24.5 Å². The second kappa shape index (κ2) is 6.53. The van der Waals surface area contributed by atoms with Crippen molar-refractivity contribution in [3.8, 4) is 0 Å². The van der Waals surface area contributed by atoms with Crippen molar-refractivity contribution in [3.63, 3.8) is 0 Å². The Morgan fingerprint density at radius 3 is 3.05 bits per heavy atom. The normalized spacial score (nSPS) is 18.9. The summed E-state index contributed by atoms with van der Waals surface area (Å²) in [5, 5.41) is 4.13. The summed E-state index contributed by atoms with van der Waals surface area (Å²) in [7, 11) is 2.13. The number of fused-ring (bicyclic) bond motifs is 1. The molecule has 3 rings (SSSR count). The molecule has 1 aliphatic heterocycles. The highest BCUT2D eigenvalue weighted by molar-refractivity contribution is 5.88. The third-order valence-electron chi connectivity index (χ3n) is 4.55. The summed E-state index contributed by atoms with van der Waals surface area (Å²) in [6, 6.07) is 6.20. The van der Waals surface area contributed by atoms with Gasteiger partial charge in [0.05, 0.1) is 12.7 Å². The van der Waals surface area contributed by atoms with Crippen molar-refractivity contribution in [2.24, 2.45) is 5.92 Å². The molecule has 0 spiro atoms. The molecule has 118 valence electrons. The average Bonchev–Trinajstić information content (AvgIpc) is 3.11. The van der Waals surface area contributed by atoms with E-state index in [-0.39, 0.29) is 5.91 Å². The third-order valence-corrected chi connectivity index (χ3v) is 4.55. The molecule has 1 atom stereocenters. The Kier molecular flexibility index (Phi) is 4.48. The summed E-state index contributed by atoms with van der Waals surface area (Å²) in [5.74, 6) is 0.667. The zero-order chi connectivity index (χ0) is 15.5. The van der Waals surface area contributed by atoms with Gasteiger partial charge in [0.1, 0.15) is 5.58 Å². The number of benzene rings is 1. The maximum Gasteiger partial charge on any atom is 0.224 e. The summed E-state index contributed by atoms with van der Waals surface area (Å²) in [5.41, 5.74) is 3.10. The number of rotatable bonds is 5. The smallest absolute Gasteiger partial charge is 0.224 e. The van der Waals surface area contributed by atoms with E-state index >= 15 is 0 Å². The molecule has 1 aromatic carbocycles. The number of furan rings is 1. The lowest BCUT2D eigenvalue weighted by atomic mass is 10.1. The Balaban J connectivity index is 1.61. The Morgan fingerprint density at radius 2 is 2.32 bits per heavy atom. The van der Waals surface area contributed by atoms with Gasteiger partial charge in [-0.2, -0.15) is 0 Å². The van der Waals surface area contributed by atoms with Crippen LogP contribution < -0.4 is 5.32 Å². The minimum Gasteiger partial charge on any atom is -0.464 e. The number of nitrogens with zero attached hydrogens (tertiary/aromatic N) is 1. The minimum absolute atomic E-state index is 0.0826. The molecule has 2 heterocycles. The van der Waals surface area contributed by atoms with Crippen LogP contribution in [0.25, 0.3) is 11.0 Å². The summed E-state index contributed by atoms with van der Waals surface area (Å²) in [6.07, 6.45) is 4.27. The number of amides is 1. The molecular formula is C18H24N2O2. The molecule has 0 saturated carbocycles. The molecule has 0 radical (unpaired) electrons. The van der Waals surface area contributed by atoms with Crippen LogP contribution in [0.5, 0.6) is 0 Å². The second-order valence-corrected chi connectivity index (χ2v) is 6.34. The van der Waals surface area contributed by atoms with E-state index in [1.54, 1.807) is 6.26 Å². The van der Waals surface area contributed by atoms with Gasteiger partial charge in [0.2, 0.25) is 5.91 Å². The first kappa shape index (κ1) is 15.1. The zero-order valence-corrected chi connectivity index (χ0v) is 13.4. The summed E-state index contributed by atoms with van der Waals surface area (Å²) < 4.78 is 5.55. The second-order valence-electron chi connectivity index (χ2n) is 6.34. The van der Waals surface area contributed by atoms with Crippen LogP contribution in [0.3, 0.4) is 0 Å². The number of hydrogen-bond acceptors (Lipinski definition) is 3. The van der Waals surface area contributed by atoms with Gasteiger partial charge in [-0.05, 0) is 50.0 Å². The van der Waals surface area contributed by atoms with E-state index in [1.807, 2.05) is 6.07 Å². The first-order valence-corrected chi connectivity index (χ1v) is 8.10. The molecule has 0 bridgehead atoms. The Hall–Kier alpha value is -1.81. The molecule has 1 fully saturated rings. The van der Waals surface area contributed by atoms with Crippen molar-refractivity contribution >= 4 is 16.9 Å². The minimum atomic E-state index is 0.0826. The van der Waals surface area contributed by atoms with Crippen LogP contribution in [-0.4, -0.2) is 37.5 Å². The van der Waals surface area contributed by atoms with E-state index in [0.717, 1.165) is 42.6 Å². The number of hydrogen-bond donors (Lipinski definition) is 1. The van der Waals surface area contributed by atoms with Crippen LogP contribution in [0.15, 0.2) is 28.9 Å². The van der Waals surface area contributed by atoms with Crippen LogP contribution in [0.4, 0.5) is 0 Å². The first-order chi connectivity index (χ1) is 10.7. The fraction of sp³-hybridized carbons (Fsp3) is 0.500. The summed E-state index contributed by atoms with van der Waals surface area (Å²) in [6.45, 7) is 5.12. The molecular weight excluding hydrogens is 276 g/mol. The van der Waals surface area contributed by atoms with Crippen LogP contribution in [0, 0.1) is 5.92 Å². The van der Waals surface area contributed by atoms with Gasteiger partial charge < -0.3 is 14.6 Å². The first-order valence-electron chi connectivity index (χ1n) is 8.10. The summed E-state index contributed by atoms with van der Waals surface area (Å²) in [4.78, 5) is 14.5. The molecule has 22 heavy (non-hydrogen) atoms. The molecule has 1 aromatic heterocycles. The third kappa shape index (κ3) is 3.33. The fourth-order valence-electron chi connectivity index (χ4n) is 3.17. The lowest BCUT2D eigenvalue weighted by Crippen LogP contribution is -2.31. The number of nitrogens with one attached hydrogen (secondary N) is 1. The van der Waals surface area contributed by atoms with Crippen LogP contribution >= 0.6 is 0 Å². The largest absolute Gasteiger partial charge is 0.464 e. The van der Waals surface area contributed by atoms with Gasteiger partial charge in [-0.1, -0.05) is 13.0 Å². The fourth-order valence-corrected chi connectivity index (χ4v) is 3.17. The van der Waals surface area contributed by atoms with Gasteiger partial charge in [-0.15, -0.1) is 0 Å². The number of aryl methyl sites for hydroxylation is 1. The lowest BCUT2D eigenvalue weighted by Gasteiger charge is -2.11. The van der Waals surface area contributed by atoms with Gasteiger partial charge >= 0.3 is 0 Å². The van der Waals surface area contributed by atoms with E-state index < -0.39 is 0 Å². The van der Waals surface area contributed by atoms with Crippen molar-refractivity contribution in [2.75, 3.05) is 26.7 Å². The predicted octanol–water partition coefficient (Wildman–Crippen LogP) is 2.61. The Morgan fingerprint density at radius 1 is 1.45 bits per heavy atom. The van der Waals surface area contributed by atoms with Crippen LogP contribution in [0.2, 0.25) is 0 Å². The van der Waals surface area contributed by atoms with E-state index in [2.05, 4.69) is 36.3 Å². The van der Waals surface area contributed by atoms with Crippen LogP contribution in [-0.2, 0) is 17.6 Å².